The average molecular weight is 364 g/mol. The van der Waals surface area contributed by atoms with Crippen molar-refractivity contribution in [1.82, 2.24) is 0 Å². The highest BCUT2D eigenvalue weighted by Gasteiger charge is 2.23. The zero-order valence-electron chi connectivity index (χ0n) is 14.8. The molecule has 0 amide bonds. The smallest absolute Gasteiger partial charge is 0.339 e. The molecule has 4 N–H and O–H groups in total. The molecule has 142 valence electrons. The topological polar surface area (TPSA) is 124 Å². The first-order valence-electron chi connectivity index (χ1n) is 8.14. The van der Waals surface area contributed by atoms with Crippen molar-refractivity contribution in [2.45, 2.75) is 38.4 Å². The van der Waals surface area contributed by atoms with Crippen LogP contribution in [0.1, 0.15) is 35.7 Å². The lowest BCUT2D eigenvalue weighted by molar-refractivity contribution is -0.128. The number of rotatable bonds is 10. The van der Waals surface area contributed by atoms with E-state index < -0.39 is 29.7 Å². The molecule has 1 rings (SSSR count). The van der Waals surface area contributed by atoms with Gasteiger partial charge in [-0.3, -0.25) is 4.79 Å². The van der Waals surface area contributed by atoms with Gasteiger partial charge in [0, 0.05) is 6.07 Å². The maximum Gasteiger partial charge on any atom is 0.339 e. The maximum atomic E-state index is 11.7. The van der Waals surface area contributed by atoms with E-state index in [1.807, 2.05) is 0 Å². The molecular formula is C19H24O7. The number of aromatic carboxylic acids is 1. The number of aryl methyl sites for hydroxylation is 1. The summed E-state index contributed by atoms with van der Waals surface area (Å²) >= 11 is 0. The Bertz CT molecular complexity index is 691. The zero-order valence-corrected chi connectivity index (χ0v) is 14.8. The van der Waals surface area contributed by atoms with Gasteiger partial charge in [-0.15, -0.1) is 0 Å². The Morgan fingerprint density at radius 3 is 2.50 bits per heavy atom. The normalized spacial score (nSPS) is 13.8. The number of aromatic hydroxyl groups is 1. The summed E-state index contributed by atoms with van der Waals surface area (Å²) in [6, 6.07) is 2.71. The van der Waals surface area contributed by atoms with E-state index in [0.29, 0.717) is 17.7 Å². The Kier molecular flexibility index (Phi) is 8.54. The molecule has 0 saturated carbocycles. The molecule has 0 saturated heterocycles. The van der Waals surface area contributed by atoms with E-state index in [1.165, 1.54) is 31.4 Å². The van der Waals surface area contributed by atoms with Gasteiger partial charge in [0.2, 0.25) is 0 Å². The number of benzene rings is 1. The van der Waals surface area contributed by atoms with Gasteiger partial charge in [-0.25, -0.2) is 4.79 Å². The van der Waals surface area contributed by atoms with Gasteiger partial charge < -0.3 is 25.2 Å². The molecule has 0 aliphatic rings. The summed E-state index contributed by atoms with van der Waals surface area (Å²) in [5, 5.41) is 38.8. The number of aliphatic hydroxyl groups excluding tert-OH is 2. The van der Waals surface area contributed by atoms with Crippen LogP contribution in [-0.2, 0) is 11.2 Å². The highest BCUT2D eigenvalue weighted by atomic mass is 16.5. The lowest BCUT2D eigenvalue weighted by Crippen LogP contribution is -2.32. The van der Waals surface area contributed by atoms with Crippen LogP contribution in [0.15, 0.2) is 36.4 Å². The summed E-state index contributed by atoms with van der Waals surface area (Å²) in [6.07, 6.45) is 3.78. The van der Waals surface area contributed by atoms with Crippen molar-refractivity contribution in [3.8, 4) is 11.5 Å². The van der Waals surface area contributed by atoms with Gasteiger partial charge in [-0.1, -0.05) is 18.2 Å². The highest BCUT2D eigenvalue weighted by molar-refractivity contribution is 5.94. The second-order valence-electron chi connectivity index (χ2n) is 5.68. The Labute approximate surface area is 151 Å². The second-order valence-corrected chi connectivity index (χ2v) is 5.68. The van der Waals surface area contributed by atoms with Gasteiger partial charge in [0.25, 0.3) is 0 Å². The fourth-order valence-corrected chi connectivity index (χ4v) is 2.43. The van der Waals surface area contributed by atoms with Crippen LogP contribution in [0.4, 0.5) is 0 Å². The summed E-state index contributed by atoms with van der Waals surface area (Å²) in [5.41, 5.74) is 0.113. The molecule has 0 aliphatic heterocycles. The van der Waals surface area contributed by atoms with Crippen LogP contribution in [0.25, 0.3) is 0 Å². The predicted molar refractivity (Wildman–Crippen MR) is 95.5 cm³/mol. The number of carboxylic acid groups (broad SMARTS) is 1. The first-order valence-corrected chi connectivity index (χ1v) is 8.14. The minimum atomic E-state index is -1.55. The first-order chi connectivity index (χ1) is 12.3. The molecule has 0 fully saturated rings. The fourth-order valence-electron chi connectivity index (χ4n) is 2.43. The quantitative estimate of drug-likeness (QED) is 0.369. The summed E-state index contributed by atoms with van der Waals surface area (Å²) < 4.78 is 5.01. The number of hydrogen-bond acceptors (Lipinski definition) is 6. The SMILES string of the molecule is C/C=C/C=C/C(=O)C(O)C(O)CCCc1cc(OC)cc(O)c1C(=O)O. The number of aliphatic hydroxyl groups is 2. The molecule has 0 aliphatic carbocycles. The molecule has 2 unspecified atom stereocenters. The Morgan fingerprint density at radius 1 is 1.23 bits per heavy atom. The van der Waals surface area contributed by atoms with Gasteiger partial charge in [0.1, 0.15) is 23.2 Å². The standard InChI is InChI=1S/C19H24O7/c1-3-4-5-8-14(20)18(23)15(21)9-6-7-12-10-13(26-2)11-16(22)17(12)19(24)25/h3-5,8,10-11,15,18,21-23H,6-7,9H2,1-2H3,(H,24,25)/b4-3+,8-5+. The van der Waals surface area contributed by atoms with Crippen LogP contribution in [0.3, 0.4) is 0 Å². The highest BCUT2D eigenvalue weighted by Crippen LogP contribution is 2.29. The van der Waals surface area contributed by atoms with E-state index in [-0.39, 0.29) is 18.4 Å². The number of ketones is 1. The van der Waals surface area contributed by atoms with Gasteiger partial charge in [-0.05, 0) is 43.9 Å². The maximum absolute atomic E-state index is 11.7. The Morgan fingerprint density at radius 2 is 1.92 bits per heavy atom. The molecule has 0 heterocycles. The lowest BCUT2D eigenvalue weighted by atomic mass is 9.97. The third-order valence-corrected chi connectivity index (χ3v) is 3.79. The van der Waals surface area contributed by atoms with Crippen molar-refractivity contribution >= 4 is 11.8 Å². The van der Waals surface area contributed by atoms with Gasteiger partial charge in [0.15, 0.2) is 5.78 Å². The van der Waals surface area contributed by atoms with E-state index in [0.717, 1.165) is 0 Å². The Hall–Kier alpha value is -2.64. The minimum absolute atomic E-state index is 0.0847. The molecule has 2 atom stereocenters. The van der Waals surface area contributed by atoms with Crippen molar-refractivity contribution < 1.29 is 34.8 Å². The van der Waals surface area contributed by atoms with E-state index >= 15 is 0 Å². The number of hydrogen-bond donors (Lipinski definition) is 4. The Balaban J connectivity index is 2.74. The third-order valence-electron chi connectivity index (χ3n) is 3.79. The molecule has 26 heavy (non-hydrogen) atoms. The van der Waals surface area contributed by atoms with E-state index in [2.05, 4.69) is 0 Å². The van der Waals surface area contributed by atoms with Crippen LogP contribution in [0.5, 0.6) is 11.5 Å². The zero-order chi connectivity index (χ0) is 19.7. The number of methoxy groups -OCH3 is 1. The summed E-state index contributed by atoms with van der Waals surface area (Å²) in [6.45, 7) is 1.78. The van der Waals surface area contributed by atoms with Crippen LogP contribution < -0.4 is 4.74 Å². The molecule has 7 heteroatoms. The fraction of sp³-hybridized carbons (Fsp3) is 0.368. The van der Waals surface area contributed by atoms with Gasteiger partial charge in [-0.2, -0.15) is 0 Å². The lowest BCUT2D eigenvalue weighted by Gasteiger charge is -2.16. The second kappa shape index (κ2) is 10.4. The molecule has 1 aromatic rings. The monoisotopic (exact) mass is 364 g/mol. The van der Waals surface area contributed by atoms with Crippen molar-refractivity contribution in [2.24, 2.45) is 0 Å². The predicted octanol–water partition coefficient (Wildman–Crippen LogP) is 1.84. The minimum Gasteiger partial charge on any atom is -0.507 e. The molecule has 7 nitrogen and oxygen atoms in total. The summed E-state index contributed by atoms with van der Waals surface area (Å²) in [4.78, 5) is 23.0. The van der Waals surface area contributed by atoms with Crippen LogP contribution in [-0.4, -0.2) is 51.5 Å². The molecule has 1 aromatic carbocycles. The third kappa shape index (κ3) is 6.02. The van der Waals surface area contributed by atoms with E-state index in [1.54, 1.807) is 19.1 Å². The molecule has 0 radical (unpaired) electrons. The van der Waals surface area contributed by atoms with Crippen molar-refractivity contribution in [1.29, 1.82) is 0 Å². The largest absolute Gasteiger partial charge is 0.507 e. The molecular weight excluding hydrogens is 340 g/mol. The van der Waals surface area contributed by atoms with Crippen LogP contribution in [0.2, 0.25) is 0 Å². The van der Waals surface area contributed by atoms with E-state index in [9.17, 15) is 30.0 Å². The van der Waals surface area contributed by atoms with Crippen molar-refractivity contribution in [2.75, 3.05) is 7.11 Å². The number of allylic oxidation sites excluding steroid dienone is 3. The average Bonchev–Trinajstić information content (AvgIpc) is 2.60. The number of carbonyl (C=O) groups excluding carboxylic acids is 1. The van der Waals surface area contributed by atoms with Crippen LogP contribution in [0, 0.1) is 0 Å². The van der Waals surface area contributed by atoms with Gasteiger partial charge >= 0.3 is 5.97 Å². The van der Waals surface area contributed by atoms with E-state index in [4.69, 9.17) is 4.74 Å². The number of ether oxygens (including phenoxy) is 1. The molecule has 0 spiro atoms. The van der Waals surface area contributed by atoms with Crippen molar-refractivity contribution in [3.63, 3.8) is 0 Å². The summed E-state index contributed by atoms with van der Waals surface area (Å²) in [5.74, 6) is -1.98. The van der Waals surface area contributed by atoms with Crippen molar-refractivity contribution in [3.05, 3.63) is 47.6 Å². The first kappa shape index (κ1) is 21.4. The number of phenols is 1. The molecule has 0 bridgehead atoms. The number of carbonyl (C=O) groups is 2. The molecule has 0 aromatic heterocycles. The summed E-state index contributed by atoms with van der Waals surface area (Å²) in [7, 11) is 1.39. The van der Waals surface area contributed by atoms with Crippen LogP contribution >= 0.6 is 0 Å². The number of carboxylic acids is 1. The van der Waals surface area contributed by atoms with Gasteiger partial charge in [0.05, 0.1) is 13.2 Å².